The normalized spacial score (nSPS) is 23.4. The van der Waals surface area contributed by atoms with Crippen LogP contribution in [0.2, 0.25) is 0 Å². The van der Waals surface area contributed by atoms with Gasteiger partial charge in [-0.15, -0.1) is 0 Å². The van der Waals surface area contributed by atoms with Crippen molar-refractivity contribution in [1.29, 1.82) is 0 Å². The zero-order valence-corrected chi connectivity index (χ0v) is 5.63. The molecule has 0 atom stereocenters. The summed E-state index contributed by atoms with van der Waals surface area (Å²) in [5, 5.41) is 7.88. The molecule has 1 aliphatic rings. The lowest BCUT2D eigenvalue weighted by molar-refractivity contribution is 0.210. The van der Waals surface area contributed by atoms with Gasteiger partial charge >= 0.3 is 0 Å². The van der Waals surface area contributed by atoms with Crippen LogP contribution in [0.4, 0.5) is 0 Å². The van der Waals surface area contributed by atoms with Gasteiger partial charge in [-0.05, 0) is 12.8 Å². The molecule has 0 spiro atoms. The summed E-state index contributed by atoms with van der Waals surface area (Å²) < 4.78 is 0. The summed E-state index contributed by atoms with van der Waals surface area (Å²) in [7, 11) is 1.55. The summed E-state index contributed by atoms with van der Waals surface area (Å²) in [6.07, 6.45) is 3.38. The zero-order chi connectivity index (χ0) is 6.53. The van der Waals surface area contributed by atoms with Gasteiger partial charge in [0.2, 0.25) is 0 Å². The summed E-state index contributed by atoms with van der Waals surface area (Å²) in [6.45, 7) is 0.919. The maximum atomic E-state index is 4.58. The third kappa shape index (κ3) is 1.91. The first-order valence-corrected chi connectivity index (χ1v) is 3.21. The van der Waals surface area contributed by atoms with Gasteiger partial charge in [0.05, 0.1) is 0 Å². The first-order chi connectivity index (χ1) is 4.43. The molecule has 0 amide bonds. The molecular formula is C6H11N2O. The van der Waals surface area contributed by atoms with Gasteiger partial charge in [0.25, 0.3) is 0 Å². The van der Waals surface area contributed by atoms with Gasteiger partial charge in [0.15, 0.2) is 5.84 Å². The van der Waals surface area contributed by atoms with E-state index in [1.54, 1.807) is 7.11 Å². The van der Waals surface area contributed by atoms with Gasteiger partial charge in [0.1, 0.15) is 7.11 Å². The lowest BCUT2D eigenvalue weighted by atomic mass is 10.2. The molecule has 1 rings (SSSR count). The number of amidine groups is 1. The summed E-state index contributed by atoms with van der Waals surface area (Å²) >= 11 is 0. The summed E-state index contributed by atoms with van der Waals surface area (Å²) in [5.74, 6) is 0.865. The molecule has 1 heterocycles. The Labute approximate surface area is 55.1 Å². The molecule has 0 N–H and O–H groups in total. The van der Waals surface area contributed by atoms with Gasteiger partial charge in [-0.1, -0.05) is 5.16 Å². The molecule has 1 fully saturated rings. The third-order valence-corrected chi connectivity index (χ3v) is 1.30. The predicted octanol–water partition coefficient (Wildman–Crippen LogP) is 0.735. The third-order valence-electron chi connectivity index (χ3n) is 1.30. The van der Waals surface area contributed by atoms with Crippen LogP contribution in [-0.2, 0) is 4.84 Å². The van der Waals surface area contributed by atoms with E-state index in [-0.39, 0.29) is 0 Å². The van der Waals surface area contributed by atoms with Crippen LogP contribution < -0.4 is 5.32 Å². The smallest absolute Gasteiger partial charge is 0.163 e. The largest absolute Gasteiger partial charge is 0.398 e. The molecule has 0 aromatic carbocycles. The van der Waals surface area contributed by atoms with Crippen molar-refractivity contribution in [3.05, 3.63) is 0 Å². The minimum atomic E-state index is 0.865. The van der Waals surface area contributed by atoms with E-state index in [1.807, 2.05) is 0 Å². The van der Waals surface area contributed by atoms with Crippen LogP contribution in [0.1, 0.15) is 19.3 Å². The minimum Gasteiger partial charge on any atom is -0.398 e. The summed E-state index contributed by atoms with van der Waals surface area (Å²) in [5.41, 5.74) is 0. The van der Waals surface area contributed by atoms with Crippen LogP contribution in [0.15, 0.2) is 5.16 Å². The quantitative estimate of drug-likeness (QED) is 0.478. The van der Waals surface area contributed by atoms with Gasteiger partial charge in [-0.2, -0.15) is 0 Å². The van der Waals surface area contributed by atoms with E-state index < -0.39 is 0 Å². The van der Waals surface area contributed by atoms with Crippen LogP contribution in [0, 0.1) is 0 Å². The fraction of sp³-hybridized carbons (Fsp3) is 0.833. The van der Waals surface area contributed by atoms with Crippen molar-refractivity contribution < 1.29 is 4.84 Å². The van der Waals surface area contributed by atoms with E-state index in [1.165, 1.54) is 12.8 Å². The molecule has 0 aromatic rings. The Hall–Kier alpha value is -0.730. The number of hydrogen-bond donors (Lipinski definition) is 0. The molecule has 0 saturated carbocycles. The highest BCUT2D eigenvalue weighted by molar-refractivity contribution is 5.81. The molecule has 0 aromatic heterocycles. The number of oxime groups is 1. The highest BCUT2D eigenvalue weighted by Gasteiger charge is 2.06. The van der Waals surface area contributed by atoms with E-state index in [0.717, 1.165) is 18.8 Å². The molecule has 0 aliphatic carbocycles. The molecule has 1 saturated heterocycles. The van der Waals surface area contributed by atoms with Crippen LogP contribution in [0.3, 0.4) is 0 Å². The first kappa shape index (κ1) is 6.39. The zero-order valence-electron chi connectivity index (χ0n) is 5.63. The first-order valence-electron chi connectivity index (χ1n) is 3.21. The van der Waals surface area contributed by atoms with Gasteiger partial charge in [0, 0.05) is 13.0 Å². The highest BCUT2D eigenvalue weighted by atomic mass is 16.6. The Morgan fingerprint density at radius 2 is 2.44 bits per heavy atom. The fourth-order valence-corrected chi connectivity index (χ4v) is 0.862. The van der Waals surface area contributed by atoms with Crippen LogP contribution >= 0.6 is 0 Å². The second kappa shape index (κ2) is 3.33. The van der Waals surface area contributed by atoms with Gasteiger partial charge in [-0.3, -0.25) is 5.32 Å². The lowest BCUT2D eigenvalue weighted by Crippen LogP contribution is -2.21. The summed E-state index contributed by atoms with van der Waals surface area (Å²) in [4.78, 5) is 4.58. The maximum absolute atomic E-state index is 4.58. The predicted molar refractivity (Wildman–Crippen MR) is 35.3 cm³/mol. The van der Waals surface area contributed by atoms with Gasteiger partial charge < -0.3 is 4.84 Å². The lowest BCUT2D eigenvalue weighted by Gasteiger charge is -2.10. The number of hydrogen-bond acceptors (Lipinski definition) is 2. The maximum Gasteiger partial charge on any atom is 0.163 e. The van der Waals surface area contributed by atoms with Gasteiger partial charge in [-0.25, -0.2) is 0 Å². The molecule has 0 bridgehead atoms. The molecule has 0 unspecified atom stereocenters. The average molecular weight is 127 g/mol. The van der Waals surface area contributed by atoms with E-state index >= 15 is 0 Å². The number of nitrogens with zero attached hydrogens (tertiary/aromatic N) is 2. The number of rotatable bonds is 1. The molecule has 9 heavy (non-hydrogen) atoms. The Morgan fingerprint density at radius 3 is 3.00 bits per heavy atom. The topological polar surface area (TPSA) is 35.7 Å². The van der Waals surface area contributed by atoms with Crippen molar-refractivity contribution in [2.45, 2.75) is 19.3 Å². The molecule has 3 heteroatoms. The second-order valence-corrected chi connectivity index (χ2v) is 2.03. The Morgan fingerprint density at radius 1 is 1.56 bits per heavy atom. The average Bonchev–Trinajstić information content (AvgIpc) is 1.91. The molecule has 1 aliphatic heterocycles. The van der Waals surface area contributed by atoms with E-state index in [4.69, 9.17) is 0 Å². The minimum absolute atomic E-state index is 0.865. The molecule has 1 radical (unpaired) electrons. The second-order valence-electron chi connectivity index (χ2n) is 2.03. The fourth-order valence-electron chi connectivity index (χ4n) is 0.862. The van der Waals surface area contributed by atoms with E-state index in [2.05, 4.69) is 15.3 Å². The van der Waals surface area contributed by atoms with Crippen molar-refractivity contribution in [2.24, 2.45) is 5.16 Å². The van der Waals surface area contributed by atoms with Crippen LogP contribution in [0.5, 0.6) is 0 Å². The molecule has 51 valence electrons. The Balaban J connectivity index is 2.30. The van der Waals surface area contributed by atoms with Crippen LogP contribution in [0.25, 0.3) is 0 Å². The van der Waals surface area contributed by atoms with Crippen molar-refractivity contribution in [1.82, 2.24) is 5.32 Å². The Kier molecular flexibility index (Phi) is 2.36. The SMILES string of the molecule is CON=C1CCCC[N]1. The van der Waals surface area contributed by atoms with Crippen molar-refractivity contribution in [3.63, 3.8) is 0 Å². The summed E-state index contributed by atoms with van der Waals surface area (Å²) in [6, 6.07) is 0. The van der Waals surface area contributed by atoms with Crippen molar-refractivity contribution in [3.8, 4) is 0 Å². The molecular weight excluding hydrogens is 116 g/mol. The van der Waals surface area contributed by atoms with Crippen molar-refractivity contribution in [2.75, 3.05) is 13.7 Å². The Bertz CT molecular complexity index is 104. The highest BCUT2D eigenvalue weighted by Crippen LogP contribution is 2.02. The monoisotopic (exact) mass is 127 g/mol. The molecule has 3 nitrogen and oxygen atoms in total. The van der Waals surface area contributed by atoms with Crippen LogP contribution in [-0.4, -0.2) is 19.5 Å². The van der Waals surface area contributed by atoms with Crippen molar-refractivity contribution >= 4 is 5.84 Å². The standard InChI is InChI=1S/C6H11N2O/c1-9-8-6-4-2-3-5-7-6/h2-5H2,1H3. The van der Waals surface area contributed by atoms with E-state index in [9.17, 15) is 0 Å². The van der Waals surface area contributed by atoms with E-state index in [0.29, 0.717) is 0 Å². The number of piperidine rings is 1.